The van der Waals surface area contributed by atoms with E-state index in [1.165, 1.54) is 0 Å². The minimum atomic E-state index is -0.441. The first-order valence-corrected chi connectivity index (χ1v) is 4.52. The third-order valence-corrected chi connectivity index (χ3v) is 2.31. The van der Waals surface area contributed by atoms with Gasteiger partial charge in [0, 0.05) is 30.0 Å². The molecule has 0 amide bonds. The molecule has 1 aromatic heterocycles. The smallest absolute Gasteiger partial charge is 0.352 e. The maximum absolute atomic E-state index is 11.3. The number of rotatable bonds is 1. The van der Waals surface area contributed by atoms with Gasteiger partial charge < -0.3 is 9.17 Å². The number of carbonyl (C=O) groups is 1. The average molecular weight is 207 g/mol. The van der Waals surface area contributed by atoms with Gasteiger partial charge in [0.05, 0.1) is 5.56 Å². The Kier molecular flexibility index (Phi) is 2.21. The van der Waals surface area contributed by atoms with Gasteiger partial charge in [-0.25, -0.2) is 4.79 Å². The van der Waals surface area contributed by atoms with Crippen LogP contribution in [0.1, 0.15) is 15.9 Å². The van der Waals surface area contributed by atoms with E-state index in [4.69, 9.17) is 0 Å². The van der Waals surface area contributed by atoms with Crippen LogP contribution in [0.15, 0.2) is 24.4 Å². The number of H-pyrrole nitrogens is 1. The lowest BCUT2D eigenvalue weighted by atomic mass is 10.1. The maximum atomic E-state index is 11.3. The van der Waals surface area contributed by atoms with Crippen LogP contribution in [0, 0.1) is 6.92 Å². The van der Waals surface area contributed by atoms with Crippen molar-refractivity contribution in [3.8, 4) is 0 Å². The van der Waals surface area contributed by atoms with E-state index < -0.39 is 5.97 Å². The molecule has 0 unspecified atom stereocenters. The number of hydrogen-bond donors (Lipinski definition) is 2. The Morgan fingerprint density at radius 1 is 1.50 bits per heavy atom. The highest BCUT2D eigenvalue weighted by atomic mass is 32.1. The molecule has 0 bridgehead atoms. The van der Waals surface area contributed by atoms with Crippen LogP contribution in [-0.4, -0.2) is 11.0 Å². The fraction of sp³-hybridized carbons (Fsp3) is 0.100. The number of aromatic amines is 1. The molecule has 0 fully saturated rings. The number of hydrogen-bond acceptors (Lipinski definition) is 3. The Labute approximate surface area is 86.7 Å². The third kappa shape index (κ3) is 1.37. The van der Waals surface area contributed by atoms with E-state index in [-0.39, 0.29) is 0 Å². The lowest BCUT2D eigenvalue weighted by Crippen LogP contribution is -1.95. The van der Waals surface area contributed by atoms with Gasteiger partial charge >= 0.3 is 5.97 Å². The van der Waals surface area contributed by atoms with E-state index in [1.54, 1.807) is 6.20 Å². The van der Waals surface area contributed by atoms with Crippen LogP contribution in [0.2, 0.25) is 0 Å². The standard InChI is InChI=1S/C10H9NO2S/c1-6-2-3-7-8(10(12)13-14)5-11-9(7)4-6/h2-5,11,14H,1H3. The van der Waals surface area contributed by atoms with Gasteiger partial charge in [-0.15, -0.1) is 0 Å². The molecular weight excluding hydrogens is 198 g/mol. The minimum absolute atomic E-state index is 0.441. The molecule has 14 heavy (non-hydrogen) atoms. The van der Waals surface area contributed by atoms with E-state index in [2.05, 4.69) is 22.1 Å². The largest absolute Gasteiger partial charge is 0.391 e. The monoisotopic (exact) mass is 207 g/mol. The molecule has 0 aliphatic rings. The predicted molar refractivity (Wildman–Crippen MR) is 57.4 cm³/mol. The van der Waals surface area contributed by atoms with E-state index in [1.807, 2.05) is 25.1 Å². The lowest BCUT2D eigenvalue weighted by molar-refractivity contribution is 0.0774. The highest BCUT2D eigenvalue weighted by molar-refractivity contribution is 7.75. The highest BCUT2D eigenvalue weighted by Gasteiger charge is 2.11. The van der Waals surface area contributed by atoms with Gasteiger partial charge in [-0.3, -0.25) is 0 Å². The SMILES string of the molecule is Cc1ccc2c(C(=O)OS)c[nH]c2c1. The molecule has 72 valence electrons. The molecule has 0 aliphatic carbocycles. The van der Waals surface area contributed by atoms with Crippen LogP contribution in [0.25, 0.3) is 10.9 Å². The fourth-order valence-corrected chi connectivity index (χ4v) is 1.56. The molecule has 0 saturated heterocycles. The van der Waals surface area contributed by atoms with Crippen molar-refractivity contribution in [3.63, 3.8) is 0 Å². The molecule has 1 N–H and O–H groups in total. The molecule has 0 spiro atoms. The molecule has 0 atom stereocenters. The number of carbonyl (C=O) groups excluding carboxylic acids is 1. The summed E-state index contributed by atoms with van der Waals surface area (Å²) < 4.78 is 4.37. The molecule has 2 aromatic rings. The Morgan fingerprint density at radius 3 is 3.00 bits per heavy atom. The molecule has 3 nitrogen and oxygen atoms in total. The Bertz CT molecular complexity index is 490. The minimum Gasteiger partial charge on any atom is -0.391 e. The molecule has 4 heteroatoms. The normalized spacial score (nSPS) is 10.4. The van der Waals surface area contributed by atoms with Crippen molar-refractivity contribution in [2.75, 3.05) is 0 Å². The Balaban J connectivity index is 2.64. The van der Waals surface area contributed by atoms with E-state index in [0.29, 0.717) is 5.56 Å². The van der Waals surface area contributed by atoms with E-state index in [9.17, 15) is 4.79 Å². The van der Waals surface area contributed by atoms with Crippen LogP contribution in [0.4, 0.5) is 0 Å². The van der Waals surface area contributed by atoms with Crippen LogP contribution in [0.5, 0.6) is 0 Å². The molecule has 0 saturated carbocycles. The number of aryl methyl sites for hydroxylation is 1. The molecule has 1 heterocycles. The quantitative estimate of drug-likeness (QED) is 0.557. The number of fused-ring (bicyclic) bond motifs is 1. The zero-order valence-electron chi connectivity index (χ0n) is 7.57. The second-order valence-corrected chi connectivity index (χ2v) is 3.31. The van der Waals surface area contributed by atoms with Gasteiger partial charge in [-0.05, 0) is 18.6 Å². The summed E-state index contributed by atoms with van der Waals surface area (Å²) in [6.07, 6.45) is 1.63. The zero-order valence-corrected chi connectivity index (χ0v) is 8.47. The van der Waals surface area contributed by atoms with Crippen molar-refractivity contribution in [3.05, 3.63) is 35.5 Å². The number of nitrogens with one attached hydrogen (secondary N) is 1. The first-order valence-electron chi connectivity index (χ1n) is 4.16. The summed E-state index contributed by atoms with van der Waals surface area (Å²) in [5, 5.41) is 0.856. The summed E-state index contributed by atoms with van der Waals surface area (Å²) in [6, 6.07) is 5.82. The molecule has 1 aromatic carbocycles. The molecule has 0 aliphatic heterocycles. The van der Waals surface area contributed by atoms with Crippen molar-refractivity contribution in [1.29, 1.82) is 0 Å². The molecule has 0 radical (unpaired) electrons. The first-order chi connectivity index (χ1) is 6.72. The van der Waals surface area contributed by atoms with Gasteiger partial charge in [-0.1, -0.05) is 12.1 Å². The zero-order chi connectivity index (χ0) is 10.1. The van der Waals surface area contributed by atoms with Crippen molar-refractivity contribution in [1.82, 2.24) is 4.98 Å². The summed E-state index contributed by atoms with van der Waals surface area (Å²) in [5.74, 6) is -0.441. The predicted octanol–water partition coefficient (Wildman–Crippen LogP) is 2.48. The summed E-state index contributed by atoms with van der Waals surface area (Å²) in [4.78, 5) is 14.3. The summed E-state index contributed by atoms with van der Waals surface area (Å²) >= 11 is 3.48. The number of aromatic nitrogens is 1. The molecule has 2 rings (SSSR count). The number of benzene rings is 1. The van der Waals surface area contributed by atoms with Crippen molar-refractivity contribution in [2.45, 2.75) is 6.92 Å². The Hall–Kier alpha value is -1.42. The van der Waals surface area contributed by atoms with Crippen molar-refractivity contribution < 1.29 is 8.98 Å². The maximum Gasteiger partial charge on any atom is 0.352 e. The third-order valence-electron chi connectivity index (χ3n) is 2.14. The second kappa shape index (κ2) is 3.38. The highest BCUT2D eigenvalue weighted by Crippen LogP contribution is 2.20. The van der Waals surface area contributed by atoms with Crippen molar-refractivity contribution >= 4 is 29.8 Å². The summed E-state index contributed by atoms with van der Waals surface area (Å²) in [5.41, 5.74) is 2.58. The van der Waals surface area contributed by atoms with Gasteiger partial charge in [0.1, 0.15) is 0 Å². The molecular formula is C10H9NO2S. The average Bonchev–Trinajstić information content (AvgIpc) is 2.59. The fourth-order valence-electron chi connectivity index (χ4n) is 1.46. The van der Waals surface area contributed by atoms with Gasteiger partial charge in [0.25, 0.3) is 0 Å². The van der Waals surface area contributed by atoms with Crippen LogP contribution < -0.4 is 0 Å². The van der Waals surface area contributed by atoms with E-state index >= 15 is 0 Å². The first kappa shape index (κ1) is 9.15. The van der Waals surface area contributed by atoms with Gasteiger partial charge in [0.15, 0.2) is 0 Å². The lowest BCUT2D eigenvalue weighted by Gasteiger charge is -1.95. The summed E-state index contributed by atoms with van der Waals surface area (Å²) in [6.45, 7) is 2.00. The summed E-state index contributed by atoms with van der Waals surface area (Å²) in [7, 11) is 0. The van der Waals surface area contributed by atoms with Gasteiger partial charge in [-0.2, -0.15) is 0 Å². The Morgan fingerprint density at radius 2 is 2.29 bits per heavy atom. The van der Waals surface area contributed by atoms with E-state index in [0.717, 1.165) is 16.5 Å². The van der Waals surface area contributed by atoms with Gasteiger partial charge in [0.2, 0.25) is 0 Å². The van der Waals surface area contributed by atoms with Crippen molar-refractivity contribution in [2.24, 2.45) is 0 Å². The topological polar surface area (TPSA) is 42.1 Å². The van der Waals surface area contributed by atoms with Crippen LogP contribution >= 0.6 is 12.9 Å². The second-order valence-electron chi connectivity index (χ2n) is 3.13. The van der Waals surface area contributed by atoms with Crippen LogP contribution in [-0.2, 0) is 4.18 Å². The van der Waals surface area contributed by atoms with Crippen LogP contribution in [0.3, 0.4) is 0 Å². The number of thiol groups is 1.